The zero-order valence-electron chi connectivity index (χ0n) is 12.8. The van der Waals surface area contributed by atoms with Crippen molar-refractivity contribution in [2.45, 2.75) is 33.1 Å². The third-order valence-corrected chi connectivity index (χ3v) is 4.23. The zero-order valence-corrected chi connectivity index (χ0v) is 13.6. The summed E-state index contributed by atoms with van der Waals surface area (Å²) in [5.74, 6) is -1.47. The average Bonchev–Trinajstić information content (AvgIpc) is 2.90. The summed E-state index contributed by atoms with van der Waals surface area (Å²) < 4.78 is 0. The molecule has 2 heterocycles. The molecule has 0 aliphatic rings. The Morgan fingerprint density at radius 2 is 2.00 bits per heavy atom. The fourth-order valence-corrected chi connectivity index (χ4v) is 2.57. The highest BCUT2D eigenvalue weighted by atomic mass is 32.1. The summed E-state index contributed by atoms with van der Waals surface area (Å²) in [6.07, 6.45) is 1.26. The largest absolute Gasteiger partial charge is 0.478 e. The number of amides is 1. The number of aryl methyl sites for hydroxylation is 1. The van der Waals surface area contributed by atoms with Crippen molar-refractivity contribution >= 4 is 28.9 Å². The maximum Gasteiger partial charge on any atom is 0.337 e. The molecule has 0 bridgehead atoms. The van der Waals surface area contributed by atoms with E-state index in [0.29, 0.717) is 17.1 Å². The number of hydrogen-bond acceptors (Lipinski definition) is 5. The summed E-state index contributed by atoms with van der Waals surface area (Å²) in [5.41, 5.74) is 1.13. The lowest BCUT2D eigenvalue weighted by Gasteiger charge is -2.13. The van der Waals surface area contributed by atoms with Gasteiger partial charge in [0.15, 0.2) is 0 Å². The van der Waals surface area contributed by atoms with Gasteiger partial charge < -0.3 is 10.4 Å². The molecule has 2 aromatic rings. The van der Waals surface area contributed by atoms with Gasteiger partial charge in [-0.25, -0.2) is 9.78 Å². The number of carboxylic acid groups (broad SMARTS) is 1. The summed E-state index contributed by atoms with van der Waals surface area (Å²) in [7, 11) is 0. The van der Waals surface area contributed by atoms with Crippen molar-refractivity contribution in [2.75, 3.05) is 5.32 Å². The van der Waals surface area contributed by atoms with Crippen molar-refractivity contribution in [3.63, 3.8) is 0 Å². The molecule has 0 unspecified atom stereocenters. The topological polar surface area (TPSA) is 92.2 Å². The van der Waals surface area contributed by atoms with E-state index in [2.05, 4.69) is 15.3 Å². The van der Waals surface area contributed by atoms with E-state index in [9.17, 15) is 9.59 Å². The van der Waals surface area contributed by atoms with Crippen LogP contribution in [0.25, 0.3) is 0 Å². The monoisotopic (exact) mass is 319 g/mol. The molecule has 0 aromatic carbocycles. The number of thiazole rings is 1. The Balaban J connectivity index is 2.24. The molecule has 0 saturated heterocycles. The number of aromatic nitrogens is 2. The summed E-state index contributed by atoms with van der Waals surface area (Å²) in [6, 6.07) is 1.39. The van der Waals surface area contributed by atoms with Crippen LogP contribution < -0.4 is 5.32 Å². The Hall–Kier alpha value is -2.28. The molecule has 0 spiro atoms. The van der Waals surface area contributed by atoms with Gasteiger partial charge in [0.25, 0.3) is 5.91 Å². The summed E-state index contributed by atoms with van der Waals surface area (Å²) in [5, 5.41) is 14.2. The molecule has 0 aliphatic heterocycles. The molecule has 2 N–H and O–H groups in total. The molecule has 0 atom stereocenters. The number of nitrogens with one attached hydrogen (secondary N) is 1. The maximum absolute atomic E-state index is 12.2. The van der Waals surface area contributed by atoms with E-state index in [1.165, 1.54) is 23.6 Å². The molecule has 7 heteroatoms. The number of carboxylic acids is 1. The quantitative estimate of drug-likeness (QED) is 0.907. The predicted molar refractivity (Wildman–Crippen MR) is 84.7 cm³/mol. The minimum absolute atomic E-state index is 0.0227. The second kappa shape index (κ2) is 5.84. The van der Waals surface area contributed by atoms with E-state index in [-0.39, 0.29) is 16.9 Å². The van der Waals surface area contributed by atoms with Crippen LogP contribution in [0.4, 0.5) is 5.69 Å². The molecule has 116 valence electrons. The number of nitrogens with zero attached hydrogens (tertiary/aromatic N) is 2. The Morgan fingerprint density at radius 1 is 1.32 bits per heavy atom. The van der Waals surface area contributed by atoms with Gasteiger partial charge in [-0.3, -0.25) is 9.78 Å². The lowest BCUT2D eigenvalue weighted by Crippen LogP contribution is -2.16. The summed E-state index contributed by atoms with van der Waals surface area (Å²) in [4.78, 5) is 31.5. The Morgan fingerprint density at radius 3 is 2.55 bits per heavy atom. The fourth-order valence-electron chi connectivity index (χ4n) is 1.69. The first-order chi connectivity index (χ1) is 10.2. The van der Waals surface area contributed by atoms with Crippen LogP contribution in [0.1, 0.15) is 52.3 Å². The lowest BCUT2D eigenvalue weighted by molar-refractivity contribution is 0.0696. The third kappa shape index (κ3) is 3.48. The molecule has 2 aromatic heterocycles. The summed E-state index contributed by atoms with van der Waals surface area (Å²) >= 11 is 1.43. The van der Waals surface area contributed by atoms with Crippen LogP contribution in [0, 0.1) is 6.92 Å². The number of anilines is 1. The summed E-state index contributed by atoms with van der Waals surface area (Å²) in [6.45, 7) is 7.77. The van der Waals surface area contributed by atoms with Crippen molar-refractivity contribution in [1.29, 1.82) is 0 Å². The Kier molecular flexibility index (Phi) is 4.27. The normalized spacial score (nSPS) is 11.3. The number of pyridine rings is 1. The van der Waals surface area contributed by atoms with Crippen molar-refractivity contribution in [1.82, 2.24) is 9.97 Å². The second-order valence-corrected chi connectivity index (χ2v) is 6.76. The van der Waals surface area contributed by atoms with Crippen LogP contribution in [0.15, 0.2) is 17.6 Å². The van der Waals surface area contributed by atoms with Crippen LogP contribution in [0.2, 0.25) is 0 Å². The van der Waals surface area contributed by atoms with E-state index in [1.54, 1.807) is 12.3 Å². The van der Waals surface area contributed by atoms with Gasteiger partial charge in [0.05, 0.1) is 22.0 Å². The zero-order chi connectivity index (χ0) is 16.5. The molecular formula is C15H17N3O3S. The van der Waals surface area contributed by atoms with E-state index in [0.717, 1.165) is 5.01 Å². The highest BCUT2D eigenvalue weighted by Crippen LogP contribution is 2.26. The standard InChI is InChI=1S/C15H17N3O3S/c1-8-10(5-9(6-16-8)13(20)21)17-12(19)11-7-22-14(18-11)15(2,3)4/h5-7H,1-4H3,(H,17,19)(H,20,21). The minimum atomic E-state index is -1.09. The molecular weight excluding hydrogens is 302 g/mol. The average molecular weight is 319 g/mol. The van der Waals surface area contributed by atoms with Gasteiger partial charge in [0.1, 0.15) is 5.69 Å². The first kappa shape index (κ1) is 16.1. The first-order valence-electron chi connectivity index (χ1n) is 6.66. The number of carbonyl (C=O) groups is 2. The Bertz CT molecular complexity index is 732. The molecule has 2 rings (SSSR count). The third-order valence-electron chi connectivity index (χ3n) is 2.96. The molecule has 22 heavy (non-hydrogen) atoms. The van der Waals surface area contributed by atoms with Gasteiger partial charge in [-0.2, -0.15) is 0 Å². The van der Waals surface area contributed by atoms with Crippen LogP contribution in [0.3, 0.4) is 0 Å². The molecule has 0 radical (unpaired) electrons. The van der Waals surface area contributed by atoms with Gasteiger partial charge in [-0.15, -0.1) is 11.3 Å². The predicted octanol–water partition coefficient (Wildman–Crippen LogP) is 3.09. The second-order valence-electron chi connectivity index (χ2n) is 5.90. The SMILES string of the molecule is Cc1ncc(C(=O)O)cc1NC(=O)c1csc(C(C)(C)C)n1. The molecule has 0 aliphatic carbocycles. The smallest absolute Gasteiger partial charge is 0.337 e. The highest BCUT2D eigenvalue weighted by Gasteiger charge is 2.21. The lowest BCUT2D eigenvalue weighted by atomic mass is 9.98. The van der Waals surface area contributed by atoms with Crippen LogP contribution >= 0.6 is 11.3 Å². The van der Waals surface area contributed by atoms with Crippen molar-refractivity contribution in [3.8, 4) is 0 Å². The number of rotatable bonds is 3. The van der Waals surface area contributed by atoms with E-state index in [4.69, 9.17) is 5.11 Å². The fraction of sp³-hybridized carbons (Fsp3) is 0.333. The molecule has 1 amide bonds. The van der Waals surface area contributed by atoms with Gasteiger partial charge in [0.2, 0.25) is 0 Å². The van der Waals surface area contributed by atoms with Crippen molar-refractivity contribution < 1.29 is 14.7 Å². The van der Waals surface area contributed by atoms with Crippen LogP contribution in [0.5, 0.6) is 0 Å². The van der Waals surface area contributed by atoms with Crippen LogP contribution in [-0.2, 0) is 5.41 Å². The van der Waals surface area contributed by atoms with Crippen molar-refractivity contribution in [3.05, 3.63) is 39.6 Å². The van der Waals surface area contributed by atoms with E-state index >= 15 is 0 Å². The molecule has 6 nitrogen and oxygen atoms in total. The molecule has 0 fully saturated rings. The van der Waals surface area contributed by atoms with Gasteiger partial charge >= 0.3 is 5.97 Å². The van der Waals surface area contributed by atoms with Crippen LogP contribution in [-0.4, -0.2) is 27.0 Å². The number of aromatic carboxylic acids is 1. The number of carbonyl (C=O) groups excluding carboxylic acids is 1. The minimum Gasteiger partial charge on any atom is -0.478 e. The van der Waals surface area contributed by atoms with Gasteiger partial charge in [0, 0.05) is 17.0 Å². The van der Waals surface area contributed by atoms with Gasteiger partial charge in [-0.1, -0.05) is 20.8 Å². The molecule has 0 saturated carbocycles. The van der Waals surface area contributed by atoms with E-state index < -0.39 is 5.97 Å². The Labute approximate surface area is 132 Å². The van der Waals surface area contributed by atoms with E-state index in [1.807, 2.05) is 20.8 Å². The number of hydrogen-bond donors (Lipinski definition) is 2. The maximum atomic E-state index is 12.2. The first-order valence-corrected chi connectivity index (χ1v) is 7.54. The van der Waals surface area contributed by atoms with Gasteiger partial charge in [-0.05, 0) is 13.0 Å². The highest BCUT2D eigenvalue weighted by molar-refractivity contribution is 7.10. The van der Waals surface area contributed by atoms with Crippen molar-refractivity contribution in [2.24, 2.45) is 0 Å².